The fourth-order valence-corrected chi connectivity index (χ4v) is 3.87. The van der Waals surface area contributed by atoms with Crippen LogP contribution in [-0.2, 0) is 9.53 Å². The molecule has 2 amide bonds. The van der Waals surface area contributed by atoms with E-state index in [1.807, 2.05) is 20.8 Å². The molecule has 0 unspecified atom stereocenters. The number of anilines is 1. The van der Waals surface area contributed by atoms with Crippen molar-refractivity contribution in [2.24, 2.45) is 5.92 Å². The Bertz CT molecular complexity index is 792. The van der Waals surface area contributed by atoms with Crippen LogP contribution in [0.1, 0.15) is 33.6 Å². The molecule has 3 rings (SSSR count). The van der Waals surface area contributed by atoms with E-state index in [4.69, 9.17) is 26.2 Å². The van der Waals surface area contributed by atoms with Gasteiger partial charge in [-0.25, -0.2) is 4.79 Å². The SMILES string of the molecule is CC(C)(C)OC(=O)N1CC(CN2C(=O)[C@H](CCCO)Oc3cc(Br)c(Cl)cc32)C1. The molecule has 1 aromatic rings. The molecule has 9 heteroatoms. The largest absolute Gasteiger partial charge is 0.478 e. The highest BCUT2D eigenvalue weighted by Crippen LogP contribution is 2.41. The molecule has 2 aliphatic rings. The normalized spacial score (nSPS) is 19.5. The number of halogens is 2. The molecule has 0 spiro atoms. The summed E-state index contributed by atoms with van der Waals surface area (Å²) in [7, 11) is 0. The summed E-state index contributed by atoms with van der Waals surface area (Å²) in [6, 6.07) is 3.47. The van der Waals surface area contributed by atoms with E-state index in [2.05, 4.69) is 15.9 Å². The predicted molar refractivity (Wildman–Crippen MR) is 114 cm³/mol. The Kier molecular flexibility index (Phi) is 6.65. The lowest BCUT2D eigenvalue weighted by atomic mass is 9.98. The molecule has 1 fully saturated rings. The van der Waals surface area contributed by atoms with Gasteiger partial charge in [0.15, 0.2) is 6.10 Å². The van der Waals surface area contributed by atoms with Crippen molar-refractivity contribution < 1.29 is 24.2 Å². The third-order valence-electron chi connectivity index (χ3n) is 4.78. The Morgan fingerprint density at radius 1 is 1.38 bits per heavy atom. The molecule has 29 heavy (non-hydrogen) atoms. The Morgan fingerprint density at radius 2 is 2.07 bits per heavy atom. The van der Waals surface area contributed by atoms with Gasteiger partial charge in [0.1, 0.15) is 11.4 Å². The van der Waals surface area contributed by atoms with Crippen molar-refractivity contribution in [3.63, 3.8) is 0 Å². The molecule has 2 aliphatic heterocycles. The number of carbonyl (C=O) groups is 2. The predicted octanol–water partition coefficient (Wildman–Crippen LogP) is 3.84. The van der Waals surface area contributed by atoms with Crippen molar-refractivity contribution >= 4 is 45.2 Å². The maximum atomic E-state index is 13.0. The second kappa shape index (κ2) is 8.70. The summed E-state index contributed by atoms with van der Waals surface area (Å²) in [5.74, 6) is 0.561. The van der Waals surface area contributed by atoms with Crippen LogP contribution in [0.4, 0.5) is 10.5 Å². The van der Waals surface area contributed by atoms with Gasteiger partial charge in [0, 0.05) is 36.6 Å². The Labute approximate surface area is 184 Å². The summed E-state index contributed by atoms with van der Waals surface area (Å²) >= 11 is 9.64. The highest BCUT2D eigenvalue weighted by Gasteiger charge is 2.40. The van der Waals surface area contributed by atoms with E-state index in [0.717, 1.165) is 0 Å². The summed E-state index contributed by atoms with van der Waals surface area (Å²) in [6.07, 6.45) is -0.0789. The second-order valence-electron chi connectivity index (χ2n) is 8.41. The minimum absolute atomic E-state index is 0.00220. The number of likely N-dealkylation sites (tertiary alicyclic amines) is 1. The van der Waals surface area contributed by atoms with Crippen LogP contribution in [0.3, 0.4) is 0 Å². The van der Waals surface area contributed by atoms with Crippen LogP contribution in [-0.4, -0.2) is 60.0 Å². The minimum Gasteiger partial charge on any atom is -0.478 e. The number of hydrogen-bond acceptors (Lipinski definition) is 5. The minimum atomic E-state index is -0.648. The lowest BCUT2D eigenvalue weighted by molar-refractivity contribution is -0.127. The van der Waals surface area contributed by atoms with Crippen molar-refractivity contribution in [2.45, 2.75) is 45.3 Å². The summed E-state index contributed by atoms with van der Waals surface area (Å²) in [6.45, 7) is 7.01. The molecule has 1 N–H and O–H groups in total. The Balaban J connectivity index is 1.72. The lowest BCUT2D eigenvalue weighted by Gasteiger charge is -2.43. The first kappa shape index (κ1) is 22.2. The average Bonchev–Trinajstić information content (AvgIpc) is 2.57. The number of aliphatic hydroxyl groups is 1. The van der Waals surface area contributed by atoms with Crippen molar-refractivity contribution in [2.75, 3.05) is 31.1 Å². The molecule has 1 atom stereocenters. The van der Waals surface area contributed by atoms with Gasteiger partial charge in [-0.15, -0.1) is 0 Å². The average molecular weight is 490 g/mol. The molecule has 1 saturated heterocycles. The molecule has 0 aromatic heterocycles. The van der Waals surface area contributed by atoms with Crippen molar-refractivity contribution in [1.82, 2.24) is 4.90 Å². The van der Waals surface area contributed by atoms with Crippen LogP contribution in [0.5, 0.6) is 5.75 Å². The number of aliphatic hydroxyl groups excluding tert-OH is 1. The molecule has 0 aliphatic carbocycles. The van der Waals surface area contributed by atoms with Crippen LogP contribution in [0.2, 0.25) is 5.02 Å². The highest BCUT2D eigenvalue weighted by atomic mass is 79.9. The first-order chi connectivity index (χ1) is 13.6. The maximum Gasteiger partial charge on any atom is 0.410 e. The van der Waals surface area contributed by atoms with Gasteiger partial charge < -0.3 is 24.4 Å². The first-order valence-electron chi connectivity index (χ1n) is 9.65. The van der Waals surface area contributed by atoms with Gasteiger partial charge in [-0.1, -0.05) is 11.6 Å². The second-order valence-corrected chi connectivity index (χ2v) is 9.67. The van der Waals surface area contributed by atoms with E-state index >= 15 is 0 Å². The zero-order valence-corrected chi connectivity index (χ0v) is 19.1. The van der Waals surface area contributed by atoms with Gasteiger partial charge in [-0.3, -0.25) is 4.79 Å². The van der Waals surface area contributed by atoms with Gasteiger partial charge in [0.25, 0.3) is 5.91 Å². The summed E-state index contributed by atoms with van der Waals surface area (Å²) in [5, 5.41) is 9.61. The van der Waals surface area contributed by atoms with Crippen LogP contribution < -0.4 is 9.64 Å². The number of carbonyl (C=O) groups excluding carboxylic acids is 2. The molecule has 2 heterocycles. The fraction of sp³-hybridized carbons (Fsp3) is 0.600. The van der Waals surface area contributed by atoms with Gasteiger partial charge in [-0.2, -0.15) is 0 Å². The van der Waals surface area contributed by atoms with Crippen LogP contribution in [0, 0.1) is 5.92 Å². The summed E-state index contributed by atoms with van der Waals surface area (Å²) < 4.78 is 12.0. The van der Waals surface area contributed by atoms with Crippen molar-refractivity contribution in [3.8, 4) is 5.75 Å². The smallest absolute Gasteiger partial charge is 0.410 e. The van der Waals surface area contributed by atoms with Crippen LogP contribution in [0.15, 0.2) is 16.6 Å². The third-order valence-corrected chi connectivity index (χ3v) is 5.97. The fourth-order valence-electron chi connectivity index (χ4n) is 3.39. The number of rotatable bonds is 5. The van der Waals surface area contributed by atoms with Gasteiger partial charge >= 0.3 is 6.09 Å². The summed E-state index contributed by atoms with van der Waals surface area (Å²) in [4.78, 5) is 28.5. The van der Waals surface area contributed by atoms with E-state index in [1.54, 1.807) is 21.9 Å². The van der Waals surface area contributed by atoms with Gasteiger partial charge in [-0.05, 0) is 61.7 Å². The van der Waals surface area contributed by atoms with E-state index in [-0.39, 0.29) is 24.5 Å². The first-order valence-corrected chi connectivity index (χ1v) is 10.8. The number of ether oxygens (including phenoxy) is 2. The number of fused-ring (bicyclic) bond motifs is 1. The molecule has 160 valence electrons. The van der Waals surface area contributed by atoms with E-state index in [0.29, 0.717) is 53.4 Å². The molecule has 0 bridgehead atoms. The molecular formula is C20H26BrClN2O5. The monoisotopic (exact) mass is 488 g/mol. The summed E-state index contributed by atoms with van der Waals surface area (Å²) in [5.41, 5.74) is 0.0879. The standard InChI is InChI=1S/C20H26BrClN2O5/c1-20(2,3)29-19(27)23-9-12(10-23)11-24-15-8-14(22)13(21)7-17(15)28-16(18(24)26)5-4-6-25/h7-8,12,16,25H,4-6,9-11H2,1-3H3/t16-/m0/s1. The maximum absolute atomic E-state index is 13.0. The van der Waals surface area contributed by atoms with E-state index in [9.17, 15) is 9.59 Å². The number of amides is 2. The quantitative estimate of drug-likeness (QED) is 0.680. The number of hydrogen-bond donors (Lipinski definition) is 1. The van der Waals surface area contributed by atoms with Gasteiger partial charge in [0.2, 0.25) is 0 Å². The van der Waals surface area contributed by atoms with Crippen molar-refractivity contribution in [3.05, 3.63) is 21.6 Å². The van der Waals surface area contributed by atoms with Crippen molar-refractivity contribution in [1.29, 1.82) is 0 Å². The number of benzene rings is 1. The molecule has 0 radical (unpaired) electrons. The zero-order valence-electron chi connectivity index (χ0n) is 16.8. The van der Waals surface area contributed by atoms with Crippen LogP contribution >= 0.6 is 27.5 Å². The van der Waals surface area contributed by atoms with Crippen LogP contribution in [0.25, 0.3) is 0 Å². The molecule has 1 aromatic carbocycles. The van der Waals surface area contributed by atoms with E-state index in [1.165, 1.54) is 0 Å². The lowest BCUT2D eigenvalue weighted by Crippen LogP contribution is -2.57. The molecule has 7 nitrogen and oxygen atoms in total. The Hall–Kier alpha value is -1.51. The van der Waals surface area contributed by atoms with E-state index < -0.39 is 11.7 Å². The van der Waals surface area contributed by atoms with Gasteiger partial charge in [0.05, 0.1) is 10.7 Å². The Morgan fingerprint density at radius 3 is 2.69 bits per heavy atom. The molecular weight excluding hydrogens is 464 g/mol. The molecule has 0 saturated carbocycles. The zero-order chi connectivity index (χ0) is 21.3. The highest BCUT2D eigenvalue weighted by molar-refractivity contribution is 9.10. The third kappa shape index (κ3) is 5.16. The number of nitrogens with zero attached hydrogens (tertiary/aromatic N) is 2. The topological polar surface area (TPSA) is 79.3 Å².